The first-order valence-electron chi connectivity index (χ1n) is 6.29. The minimum Gasteiger partial charge on any atom is -0.466 e. The van der Waals surface area contributed by atoms with E-state index in [1.807, 2.05) is 27.7 Å². The number of esters is 1. The van der Waals surface area contributed by atoms with E-state index in [1.54, 1.807) is 11.8 Å². The Morgan fingerprint density at radius 3 is 2.28 bits per heavy atom. The Bertz CT molecular complexity index is 326. The van der Waals surface area contributed by atoms with Crippen molar-refractivity contribution in [1.29, 1.82) is 0 Å². The summed E-state index contributed by atoms with van der Waals surface area (Å²) < 4.78 is 10.2. The maximum atomic E-state index is 11.7. The van der Waals surface area contributed by atoms with Crippen molar-refractivity contribution in [2.24, 2.45) is 5.41 Å². The smallest absolute Gasteiger partial charge is 0.410 e. The van der Waals surface area contributed by atoms with E-state index in [0.717, 1.165) is 0 Å². The predicted octanol–water partition coefficient (Wildman–Crippen LogP) is 2.20. The van der Waals surface area contributed by atoms with E-state index < -0.39 is 5.60 Å². The van der Waals surface area contributed by atoms with E-state index in [0.29, 0.717) is 26.1 Å². The number of carbonyl (C=O) groups is 2. The number of likely N-dealkylation sites (tertiary alicyclic amines) is 1. The minimum absolute atomic E-state index is 0.177. The Kier molecular flexibility index (Phi) is 4.24. The molecule has 0 atom stereocenters. The molecule has 0 aromatic carbocycles. The molecule has 1 fully saturated rings. The van der Waals surface area contributed by atoms with E-state index >= 15 is 0 Å². The molecular formula is C13H23NO4. The van der Waals surface area contributed by atoms with Crippen LogP contribution in [0.4, 0.5) is 4.79 Å². The van der Waals surface area contributed by atoms with Gasteiger partial charge in [0.25, 0.3) is 0 Å². The zero-order valence-electron chi connectivity index (χ0n) is 11.9. The van der Waals surface area contributed by atoms with Crippen LogP contribution in [-0.4, -0.2) is 42.3 Å². The summed E-state index contributed by atoms with van der Waals surface area (Å²) in [4.78, 5) is 24.7. The molecule has 1 saturated heterocycles. The Morgan fingerprint density at radius 2 is 1.83 bits per heavy atom. The van der Waals surface area contributed by atoms with Crippen molar-refractivity contribution in [2.45, 2.75) is 46.6 Å². The monoisotopic (exact) mass is 257 g/mol. The second-order valence-electron chi connectivity index (χ2n) is 6.13. The lowest BCUT2D eigenvalue weighted by Crippen LogP contribution is -2.58. The fraction of sp³-hybridized carbons (Fsp3) is 0.846. The molecule has 0 aromatic rings. The van der Waals surface area contributed by atoms with Gasteiger partial charge >= 0.3 is 12.1 Å². The van der Waals surface area contributed by atoms with Gasteiger partial charge in [0.15, 0.2) is 0 Å². The van der Waals surface area contributed by atoms with Gasteiger partial charge in [0.1, 0.15) is 5.60 Å². The molecule has 18 heavy (non-hydrogen) atoms. The summed E-state index contributed by atoms with van der Waals surface area (Å²) in [5.74, 6) is -0.205. The molecule has 0 unspecified atom stereocenters. The molecule has 0 spiro atoms. The molecule has 104 valence electrons. The van der Waals surface area contributed by atoms with Gasteiger partial charge in [-0.3, -0.25) is 4.79 Å². The molecule has 0 aliphatic carbocycles. The summed E-state index contributed by atoms with van der Waals surface area (Å²) in [5, 5.41) is 0. The van der Waals surface area contributed by atoms with Crippen molar-refractivity contribution in [3.8, 4) is 0 Å². The predicted molar refractivity (Wildman–Crippen MR) is 67.2 cm³/mol. The lowest BCUT2D eigenvalue weighted by molar-refractivity contribution is -0.148. The van der Waals surface area contributed by atoms with Gasteiger partial charge in [-0.1, -0.05) is 6.92 Å². The number of hydrogen-bond donors (Lipinski definition) is 0. The first-order valence-corrected chi connectivity index (χ1v) is 6.29. The highest BCUT2D eigenvalue weighted by atomic mass is 16.6. The van der Waals surface area contributed by atoms with E-state index in [2.05, 4.69) is 0 Å². The van der Waals surface area contributed by atoms with Gasteiger partial charge in [-0.25, -0.2) is 4.79 Å². The molecule has 5 nitrogen and oxygen atoms in total. The molecule has 1 rings (SSSR count). The van der Waals surface area contributed by atoms with E-state index in [4.69, 9.17) is 9.47 Å². The molecule has 0 N–H and O–H groups in total. The van der Waals surface area contributed by atoms with Crippen LogP contribution >= 0.6 is 0 Å². The Balaban J connectivity index is 2.38. The number of hydrogen-bond acceptors (Lipinski definition) is 4. The molecule has 0 saturated carbocycles. The lowest BCUT2D eigenvalue weighted by atomic mass is 9.79. The first-order chi connectivity index (χ1) is 8.15. The summed E-state index contributed by atoms with van der Waals surface area (Å²) >= 11 is 0. The van der Waals surface area contributed by atoms with Gasteiger partial charge in [0, 0.05) is 18.5 Å². The fourth-order valence-corrected chi connectivity index (χ4v) is 2.00. The van der Waals surface area contributed by atoms with E-state index in [9.17, 15) is 9.59 Å². The fourth-order valence-electron chi connectivity index (χ4n) is 2.00. The normalized spacial score (nSPS) is 17.9. The molecule has 1 amide bonds. The summed E-state index contributed by atoms with van der Waals surface area (Å²) in [6.45, 7) is 10.7. The third-order valence-corrected chi connectivity index (χ3v) is 2.67. The standard InChI is InChI=1S/C13H23NO4/c1-6-17-10(15)7-13(5)8-14(9-13)11(16)18-12(2,3)4/h6-9H2,1-5H3. The summed E-state index contributed by atoms with van der Waals surface area (Å²) in [5.41, 5.74) is -0.659. The highest BCUT2D eigenvalue weighted by Crippen LogP contribution is 2.34. The first kappa shape index (κ1) is 14.8. The maximum Gasteiger partial charge on any atom is 0.410 e. The van der Waals surface area contributed by atoms with Crippen molar-refractivity contribution in [1.82, 2.24) is 4.90 Å². The Morgan fingerprint density at radius 1 is 1.28 bits per heavy atom. The molecule has 5 heteroatoms. The molecule has 0 radical (unpaired) electrons. The van der Waals surface area contributed by atoms with Crippen molar-refractivity contribution in [3.63, 3.8) is 0 Å². The summed E-state index contributed by atoms with van der Waals surface area (Å²) in [6, 6.07) is 0. The van der Waals surface area contributed by atoms with Crippen LogP contribution in [0.5, 0.6) is 0 Å². The van der Waals surface area contributed by atoms with Gasteiger partial charge < -0.3 is 14.4 Å². The average Bonchev–Trinajstić information content (AvgIpc) is 2.11. The minimum atomic E-state index is -0.482. The molecule has 1 aliphatic rings. The number of amides is 1. The van der Waals surface area contributed by atoms with Crippen LogP contribution in [0.1, 0.15) is 41.0 Å². The van der Waals surface area contributed by atoms with Crippen LogP contribution in [0.25, 0.3) is 0 Å². The van der Waals surface area contributed by atoms with Gasteiger partial charge in [-0.05, 0) is 27.7 Å². The zero-order valence-corrected chi connectivity index (χ0v) is 11.9. The molecular weight excluding hydrogens is 234 g/mol. The second-order valence-corrected chi connectivity index (χ2v) is 6.13. The van der Waals surface area contributed by atoms with Crippen LogP contribution in [-0.2, 0) is 14.3 Å². The molecule has 0 bridgehead atoms. The van der Waals surface area contributed by atoms with Crippen LogP contribution < -0.4 is 0 Å². The van der Waals surface area contributed by atoms with Crippen LogP contribution in [0.15, 0.2) is 0 Å². The topological polar surface area (TPSA) is 55.8 Å². The number of rotatable bonds is 3. The van der Waals surface area contributed by atoms with Gasteiger partial charge in [0.2, 0.25) is 0 Å². The van der Waals surface area contributed by atoms with Crippen LogP contribution in [0.3, 0.4) is 0 Å². The third kappa shape index (κ3) is 4.20. The molecule has 0 aromatic heterocycles. The highest BCUT2D eigenvalue weighted by molar-refractivity contribution is 5.73. The SMILES string of the molecule is CCOC(=O)CC1(C)CN(C(=O)OC(C)(C)C)C1. The van der Waals surface area contributed by atoms with Gasteiger partial charge in [-0.2, -0.15) is 0 Å². The number of nitrogens with zero attached hydrogens (tertiary/aromatic N) is 1. The van der Waals surface area contributed by atoms with Gasteiger partial charge in [-0.15, -0.1) is 0 Å². The second kappa shape index (κ2) is 5.16. The maximum absolute atomic E-state index is 11.7. The van der Waals surface area contributed by atoms with Crippen LogP contribution in [0.2, 0.25) is 0 Å². The largest absolute Gasteiger partial charge is 0.466 e. The van der Waals surface area contributed by atoms with Gasteiger partial charge in [0.05, 0.1) is 13.0 Å². The molecule has 1 aliphatic heterocycles. The van der Waals surface area contributed by atoms with E-state index in [1.165, 1.54) is 0 Å². The lowest BCUT2D eigenvalue weighted by Gasteiger charge is -2.47. The molecule has 1 heterocycles. The van der Waals surface area contributed by atoms with Crippen molar-refractivity contribution in [3.05, 3.63) is 0 Å². The number of ether oxygens (including phenoxy) is 2. The highest BCUT2D eigenvalue weighted by Gasteiger charge is 2.44. The summed E-state index contributed by atoms with van der Waals surface area (Å²) in [7, 11) is 0. The van der Waals surface area contributed by atoms with E-state index in [-0.39, 0.29) is 17.5 Å². The third-order valence-electron chi connectivity index (χ3n) is 2.67. The Labute approximate surface area is 108 Å². The van der Waals surface area contributed by atoms with Crippen LogP contribution in [0, 0.1) is 5.41 Å². The van der Waals surface area contributed by atoms with Crippen molar-refractivity contribution in [2.75, 3.05) is 19.7 Å². The zero-order chi connectivity index (χ0) is 14.0. The quantitative estimate of drug-likeness (QED) is 0.727. The summed E-state index contributed by atoms with van der Waals surface area (Å²) in [6.07, 6.45) is 0.0315. The van der Waals surface area contributed by atoms with Crippen molar-refractivity contribution >= 4 is 12.1 Å². The van der Waals surface area contributed by atoms with Crippen molar-refractivity contribution < 1.29 is 19.1 Å². The Hall–Kier alpha value is -1.26. The number of carbonyl (C=O) groups excluding carboxylic acids is 2. The average molecular weight is 257 g/mol.